The van der Waals surface area contributed by atoms with Gasteiger partial charge in [-0.15, -0.1) is 12.4 Å². The number of hydrogen-bond acceptors (Lipinski definition) is 4. The zero-order chi connectivity index (χ0) is 16.2. The molecule has 0 aliphatic heterocycles. The van der Waals surface area contributed by atoms with Crippen LogP contribution in [0.3, 0.4) is 0 Å². The Balaban J connectivity index is 0.00000264. The highest BCUT2D eigenvalue weighted by molar-refractivity contribution is 7.89. The zero-order valence-electron chi connectivity index (χ0n) is 13.0. The summed E-state index contributed by atoms with van der Waals surface area (Å²) in [6.45, 7) is 1.94. The second kappa shape index (κ2) is 8.31. The van der Waals surface area contributed by atoms with Gasteiger partial charge in [0.15, 0.2) is 0 Å². The molecule has 2 rings (SSSR count). The predicted molar refractivity (Wildman–Crippen MR) is 93.5 cm³/mol. The first-order valence-corrected chi connectivity index (χ1v) is 8.37. The van der Waals surface area contributed by atoms with E-state index in [1.807, 2.05) is 30.3 Å². The first-order valence-electron chi connectivity index (χ1n) is 6.89. The lowest BCUT2D eigenvalue weighted by atomic mass is 10.1. The van der Waals surface area contributed by atoms with E-state index in [2.05, 4.69) is 4.72 Å². The first kappa shape index (κ1) is 19.4. The minimum atomic E-state index is -3.60. The molecule has 7 heteroatoms. The quantitative estimate of drug-likeness (QED) is 0.832. The maximum Gasteiger partial charge on any atom is 0.240 e. The fourth-order valence-electron chi connectivity index (χ4n) is 2.12. The van der Waals surface area contributed by atoms with Crippen molar-refractivity contribution in [3.05, 3.63) is 59.7 Å². The Kier molecular flexibility index (Phi) is 7.02. The predicted octanol–water partition coefficient (Wildman–Crippen LogP) is 2.40. The molecular weight excluding hydrogens is 336 g/mol. The fraction of sp³-hybridized carbons (Fsp3) is 0.250. The molecule has 1 unspecified atom stereocenters. The van der Waals surface area contributed by atoms with Crippen molar-refractivity contribution < 1.29 is 13.2 Å². The Morgan fingerprint density at radius 3 is 2.39 bits per heavy atom. The van der Waals surface area contributed by atoms with E-state index in [4.69, 9.17) is 10.5 Å². The van der Waals surface area contributed by atoms with Gasteiger partial charge in [0, 0.05) is 12.6 Å². The highest BCUT2D eigenvalue weighted by atomic mass is 35.5. The number of nitrogens with two attached hydrogens (primary N) is 1. The average Bonchev–Trinajstić information content (AvgIpc) is 2.53. The van der Waals surface area contributed by atoms with Crippen LogP contribution < -0.4 is 15.2 Å². The van der Waals surface area contributed by atoms with Crippen molar-refractivity contribution in [3.63, 3.8) is 0 Å². The van der Waals surface area contributed by atoms with Crippen molar-refractivity contribution >= 4 is 22.4 Å². The molecule has 5 nitrogen and oxygen atoms in total. The van der Waals surface area contributed by atoms with Crippen LogP contribution >= 0.6 is 12.4 Å². The van der Waals surface area contributed by atoms with Gasteiger partial charge in [-0.1, -0.05) is 30.3 Å². The van der Waals surface area contributed by atoms with E-state index in [9.17, 15) is 8.42 Å². The number of ether oxygens (including phenoxy) is 1. The molecule has 1 atom stereocenters. The molecule has 0 saturated heterocycles. The minimum Gasteiger partial charge on any atom is -0.496 e. The van der Waals surface area contributed by atoms with Crippen LogP contribution in [0.25, 0.3) is 0 Å². The molecule has 0 aromatic heterocycles. The largest absolute Gasteiger partial charge is 0.496 e. The summed E-state index contributed by atoms with van der Waals surface area (Å²) < 4.78 is 32.3. The molecule has 0 aliphatic carbocycles. The Morgan fingerprint density at radius 2 is 1.83 bits per heavy atom. The molecule has 2 aromatic carbocycles. The number of rotatable bonds is 6. The maximum atomic E-state index is 12.3. The number of benzene rings is 2. The Bertz CT molecular complexity index is 736. The lowest BCUT2D eigenvalue weighted by molar-refractivity contribution is 0.411. The van der Waals surface area contributed by atoms with Gasteiger partial charge >= 0.3 is 0 Å². The van der Waals surface area contributed by atoms with Crippen LogP contribution in [0.5, 0.6) is 5.75 Å². The molecular formula is C16H21ClN2O3S. The highest BCUT2D eigenvalue weighted by Gasteiger charge is 2.17. The maximum absolute atomic E-state index is 12.3. The summed E-state index contributed by atoms with van der Waals surface area (Å²) in [5.41, 5.74) is 7.66. The summed E-state index contributed by atoms with van der Waals surface area (Å²) in [7, 11) is -2.05. The lowest BCUT2D eigenvalue weighted by Crippen LogP contribution is -2.32. The summed E-state index contributed by atoms with van der Waals surface area (Å²) in [5.74, 6) is 0.653. The first-order chi connectivity index (χ1) is 10.4. The van der Waals surface area contributed by atoms with Crippen LogP contribution in [0.1, 0.15) is 17.2 Å². The second-order valence-electron chi connectivity index (χ2n) is 5.00. The third-order valence-electron chi connectivity index (χ3n) is 3.40. The van der Waals surface area contributed by atoms with Crippen molar-refractivity contribution in [2.24, 2.45) is 5.73 Å². The van der Waals surface area contributed by atoms with Crippen LogP contribution in [0.2, 0.25) is 0 Å². The third kappa shape index (κ3) is 4.94. The molecule has 0 fully saturated rings. The van der Waals surface area contributed by atoms with Gasteiger partial charge < -0.3 is 10.5 Å². The van der Waals surface area contributed by atoms with E-state index in [1.54, 1.807) is 26.2 Å². The van der Waals surface area contributed by atoms with Crippen LogP contribution in [0.4, 0.5) is 0 Å². The molecule has 0 saturated carbocycles. The zero-order valence-corrected chi connectivity index (χ0v) is 14.7. The molecule has 0 bridgehead atoms. The molecule has 0 spiro atoms. The third-order valence-corrected chi connectivity index (χ3v) is 4.82. The Hall–Kier alpha value is -1.60. The highest BCUT2D eigenvalue weighted by Crippen LogP contribution is 2.21. The van der Waals surface area contributed by atoms with E-state index >= 15 is 0 Å². The number of aryl methyl sites for hydroxylation is 1. The van der Waals surface area contributed by atoms with Gasteiger partial charge in [-0.2, -0.15) is 0 Å². The summed E-state index contributed by atoms with van der Waals surface area (Å²) in [6.07, 6.45) is 0. The number of halogens is 1. The van der Waals surface area contributed by atoms with Gasteiger partial charge in [-0.05, 0) is 36.2 Å². The van der Waals surface area contributed by atoms with E-state index in [0.29, 0.717) is 5.75 Å². The Labute approximate surface area is 143 Å². The van der Waals surface area contributed by atoms with E-state index in [0.717, 1.165) is 11.1 Å². The van der Waals surface area contributed by atoms with E-state index in [-0.39, 0.29) is 23.8 Å². The second-order valence-corrected chi connectivity index (χ2v) is 6.77. The van der Waals surface area contributed by atoms with Gasteiger partial charge in [0.2, 0.25) is 10.0 Å². The monoisotopic (exact) mass is 356 g/mol. The average molecular weight is 357 g/mol. The van der Waals surface area contributed by atoms with Crippen LogP contribution in [-0.4, -0.2) is 22.1 Å². The summed E-state index contributed by atoms with van der Waals surface area (Å²) in [5, 5.41) is 0. The van der Waals surface area contributed by atoms with Crippen LogP contribution in [-0.2, 0) is 10.0 Å². The number of methoxy groups -OCH3 is 1. The lowest BCUT2D eigenvalue weighted by Gasteiger charge is -2.14. The summed E-state index contributed by atoms with van der Waals surface area (Å²) >= 11 is 0. The van der Waals surface area contributed by atoms with Gasteiger partial charge in [0.1, 0.15) is 5.75 Å². The number of nitrogens with one attached hydrogen (secondary N) is 1. The van der Waals surface area contributed by atoms with Gasteiger partial charge in [-0.3, -0.25) is 0 Å². The number of hydrogen-bond donors (Lipinski definition) is 2. The molecule has 0 aliphatic rings. The minimum absolute atomic E-state index is 0. The van der Waals surface area contributed by atoms with Gasteiger partial charge in [0.25, 0.3) is 0 Å². The number of sulfonamides is 1. The summed E-state index contributed by atoms with van der Waals surface area (Å²) in [6, 6.07) is 13.7. The molecule has 0 heterocycles. The van der Waals surface area contributed by atoms with Crippen molar-refractivity contribution in [2.75, 3.05) is 13.7 Å². The topological polar surface area (TPSA) is 81.4 Å². The molecule has 0 amide bonds. The van der Waals surface area contributed by atoms with Crippen molar-refractivity contribution in [3.8, 4) is 5.75 Å². The van der Waals surface area contributed by atoms with Crippen LogP contribution in [0.15, 0.2) is 53.4 Å². The SMILES string of the molecule is COc1ccc(S(=O)(=O)NCC(N)c2ccccc2)cc1C.Cl. The smallest absolute Gasteiger partial charge is 0.240 e. The van der Waals surface area contributed by atoms with E-state index < -0.39 is 16.1 Å². The van der Waals surface area contributed by atoms with Crippen molar-refractivity contribution in [2.45, 2.75) is 17.9 Å². The van der Waals surface area contributed by atoms with Crippen molar-refractivity contribution in [1.82, 2.24) is 4.72 Å². The standard InChI is InChI=1S/C16H20N2O3S.ClH/c1-12-10-14(8-9-16(12)21-2)22(19,20)18-11-15(17)13-6-4-3-5-7-13;/h3-10,15,18H,11,17H2,1-2H3;1H. The van der Waals surface area contributed by atoms with Crippen LogP contribution in [0, 0.1) is 6.92 Å². The Morgan fingerprint density at radius 1 is 1.17 bits per heavy atom. The molecule has 126 valence electrons. The molecule has 0 radical (unpaired) electrons. The molecule has 23 heavy (non-hydrogen) atoms. The molecule has 2 aromatic rings. The van der Waals surface area contributed by atoms with E-state index in [1.165, 1.54) is 6.07 Å². The normalized spacial score (nSPS) is 12.3. The van der Waals surface area contributed by atoms with Crippen molar-refractivity contribution in [1.29, 1.82) is 0 Å². The van der Waals surface area contributed by atoms with Gasteiger partial charge in [-0.25, -0.2) is 13.1 Å². The molecule has 3 N–H and O–H groups in total. The fourth-order valence-corrected chi connectivity index (χ4v) is 3.26. The van der Waals surface area contributed by atoms with Gasteiger partial charge in [0.05, 0.1) is 12.0 Å². The summed E-state index contributed by atoms with van der Waals surface area (Å²) in [4.78, 5) is 0.200.